The number of nitrogens with zero attached hydrogens (tertiary/aromatic N) is 3. The molecular formula is C17H27N5. The monoisotopic (exact) mass is 301 g/mol. The predicted octanol–water partition coefficient (Wildman–Crippen LogP) is 3.32. The topological polar surface area (TPSA) is 90.7 Å². The van der Waals surface area contributed by atoms with Crippen molar-refractivity contribution in [2.45, 2.75) is 52.4 Å². The van der Waals surface area contributed by atoms with E-state index in [1.54, 1.807) is 12.4 Å². The number of hydrogen-bond acceptors (Lipinski definition) is 5. The van der Waals surface area contributed by atoms with Crippen LogP contribution in [0.25, 0.3) is 0 Å². The fraction of sp³-hybridized carbons (Fsp3) is 0.471. The van der Waals surface area contributed by atoms with E-state index in [2.05, 4.69) is 56.5 Å². The lowest BCUT2D eigenvalue weighted by Gasteiger charge is -2.17. The van der Waals surface area contributed by atoms with Crippen LogP contribution in [0.15, 0.2) is 30.7 Å². The van der Waals surface area contributed by atoms with Crippen LogP contribution >= 0.6 is 0 Å². The highest BCUT2D eigenvalue weighted by Gasteiger charge is 2.14. The van der Waals surface area contributed by atoms with Gasteiger partial charge >= 0.3 is 0 Å². The molecule has 0 aromatic carbocycles. The van der Waals surface area contributed by atoms with Gasteiger partial charge in [-0.25, -0.2) is 15.0 Å². The first-order chi connectivity index (χ1) is 10.00. The van der Waals surface area contributed by atoms with Crippen molar-refractivity contribution in [2.24, 2.45) is 0 Å². The Hall–Kier alpha value is -2.17. The van der Waals surface area contributed by atoms with E-state index in [-0.39, 0.29) is 10.8 Å². The smallest absolute Gasteiger partial charge is 0.219 e. The predicted molar refractivity (Wildman–Crippen MR) is 92.5 cm³/mol. The highest BCUT2D eigenvalue weighted by atomic mass is 15.0. The van der Waals surface area contributed by atoms with Crippen LogP contribution in [0.3, 0.4) is 0 Å². The molecule has 0 saturated carbocycles. The van der Waals surface area contributed by atoms with Crippen LogP contribution in [0.1, 0.15) is 52.7 Å². The molecule has 22 heavy (non-hydrogen) atoms. The molecule has 0 aliphatic rings. The van der Waals surface area contributed by atoms with E-state index in [1.165, 1.54) is 5.56 Å². The van der Waals surface area contributed by atoms with Crippen molar-refractivity contribution in [2.75, 3.05) is 11.5 Å². The van der Waals surface area contributed by atoms with E-state index < -0.39 is 0 Å². The zero-order valence-corrected chi connectivity index (χ0v) is 14.4. The van der Waals surface area contributed by atoms with Crippen molar-refractivity contribution >= 4 is 11.8 Å². The second kappa shape index (κ2) is 6.73. The van der Waals surface area contributed by atoms with Gasteiger partial charge in [-0.15, -0.1) is 0 Å². The van der Waals surface area contributed by atoms with Crippen LogP contribution in [0.5, 0.6) is 0 Å². The van der Waals surface area contributed by atoms with Crippen molar-refractivity contribution < 1.29 is 0 Å². The van der Waals surface area contributed by atoms with Crippen molar-refractivity contribution in [3.63, 3.8) is 0 Å². The summed E-state index contributed by atoms with van der Waals surface area (Å²) in [7, 11) is 0. The highest BCUT2D eigenvalue weighted by Crippen LogP contribution is 2.21. The molecule has 0 fully saturated rings. The van der Waals surface area contributed by atoms with E-state index in [1.807, 2.05) is 18.3 Å². The molecule has 4 N–H and O–H groups in total. The second-order valence-electron chi connectivity index (χ2n) is 7.30. The van der Waals surface area contributed by atoms with Crippen LogP contribution in [0, 0.1) is 0 Å². The molecule has 2 aromatic heterocycles. The van der Waals surface area contributed by atoms with E-state index >= 15 is 0 Å². The molecular weight excluding hydrogens is 274 g/mol. The van der Waals surface area contributed by atoms with Gasteiger partial charge in [0.15, 0.2) is 0 Å². The molecule has 0 radical (unpaired) electrons. The fourth-order valence-electron chi connectivity index (χ4n) is 1.57. The lowest BCUT2D eigenvalue weighted by Crippen LogP contribution is -2.12. The van der Waals surface area contributed by atoms with E-state index in [9.17, 15) is 0 Å². The molecule has 5 nitrogen and oxygen atoms in total. The maximum absolute atomic E-state index is 5.46. The number of anilines is 2. The Balaban J connectivity index is 0.000000220. The summed E-state index contributed by atoms with van der Waals surface area (Å²) in [5.41, 5.74) is 13.4. The minimum absolute atomic E-state index is 0.105. The molecule has 0 atom stereocenters. The highest BCUT2D eigenvalue weighted by molar-refractivity contribution is 5.31. The number of pyridine rings is 1. The van der Waals surface area contributed by atoms with Crippen LogP contribution in [-0.4, -0.2) is 15.0 Å². The molecule has 0 amide bonds. The third-order valence-electron chi connectivity index (χ3n) is 3.19. The summed E-state index contributed by atoms with van der Waals surface area (Å²) in [6, 6.07) is 3.85. The summed E-state index contributed by atoms with van der Waals surface area (Å²) < 4.78 is 0. The van der Waals surface area contributed by atoms with E-state index in [0.717, 1.165) is 5.56 Å². The summed E-state index contributed by atoms with van der Waals surface area (Å²) in [5.74, 6) is 0.913. The van der Waals surface area contributed by atoms with E-state index in [4.69, 9.17) is 11.5 Å². The molecule has 2 rings (SSSR count). The standard InChI is InChI=1S/C9H14N2.C8H13N3/c1-9(2,3)7-4-5-8(10)11-6-7;1-8(2,3)6-4-10-7(9)11-5-6/h4-6H,1-3H3,(H2,10,11);4-5H,1-3H3,(H2,9,10,11). The lowest BCUT2D eigenvalue weighted by molar-refractivity contribution is 0.584. The maximum Gasteiger partial charge on any atom is 0.219 e. The van der Waals surface area contributed by atoms with Gasteiger partial charge in [0, 0.05) is 18.6 Å². The van der Waals surface area contributed by atoms with Crippen molar-refractivity contribution in [1.29, 1.82) is 0 Å². The minimum atomic E-state index is 0.105. The van der Waals surface area contributed by atoms with Crippen molar-refractivity contribution in [3.8, 4) is 0 Å². The zero-order chi connectivity index (χ0) is 17.0. The third kappa shape index (κ3) is 5.68. The second-order valence-corrected chi connectivity index (χ2v) is 7.30. The van der Waals surface area contributed by atoms with Gasteiger partial charge in [0.2, 0.25) is 5.95 Å². The van der Waals surface area contributed by atoms with Crippen molar-refractivity contribution in [3.05, 3.63) is 41.9 Å². The molecule has 0 aliphatic heterocycles. The SMILES string of the molecule is CC(C)(C)c1ccc(N)nc1.CC(C)(C)c1cnc(N)nc1. The number of aromatic nitrogens is 3. The van der Waals surface area contributed by atoms with Gasteiger partial charge in [-0.2, -0.15) is 0 Å². The molecule has 120 valence electrons. The Kier molecular flexibility index (Phi) is 5.47. The average Bonchev–Trinajstić information content (AvgIpc) is 2.38. The van der Waals surface area contributed by atoms with Crippen LogP contribution < -0.4 is 11.5 Å². The van der Waals surface area contributed by atoms with Gasteiger partial charge in [0.25, 0.3) is 0 Å². The van der Waals surface area contributed by atoms with Gasteiger partial charge in [-0.1, -0.05) is 47.6 Å². The molecule has 0 aliphatic carbocycles. The molecule has 0 saturated heterocycles. The Labute approximate surface area is 133 Å². The van der Waals surface area contributed by atoms with Crippen LogP contribution in [0.4, 0.5) is 11.8 Å². The lowest BCUT2D eigenvalue weighted by atomic mass is 9.88. The van der Waals surface area contributed by atoms with Gasteiger partial charge in [-0.3, -0.25) is 0 Å². The largest absolute Gasteiger partial charge is 0.384 e. The molecule has 2 heterocycles. The normalized spacial score (nSPS) is 11.5. The number of rotatable bonds is 0. The fourth-order valence-corrected chi connectivity index (χ4v) is 1.57. The minimum Gasteiger partial charge on any atom is -0.384 e. The quantitative estimate of drug-likeness (QED) is 0.779. The first-order valence-corrected chi connectivity index (χ1v) is 7.30. The average molecular weight is 301 g/mol. The molecule has 5 heteroatoms. The zero-order valence-electron chi connectivity index (χ0n) is 14.4. The van der Waals surface area contributed by atoms with Gasteiger partial charge < -0.3 is 11.5 Å². The summed E-state index contributed by atoms with van der Waals surface area (Å²) in [6.07, 6.45) is 5.36. The molecule has 0 spiro atoms. The van der Waals surface area contributed by atoms with Gasteiger partial charge in [0.05, 0.1) is 0 Å². The van der Waals surface area contributed by atoms with E-state index in [0.29, 0.717) is 11.8 Å². The Morgan fingerprint density at radius 1 is 0.682 bits per heavy atom. The van der Waals surface area contributed by atoms with Gasteiger partial charge in [-0.05, 0) is 28.0 Å². The first kappa shape index (κ1) is 17.9. The molecule has 0 bridgehead atoms. The Morgan fingerprint density at radius 2 is 1.14 bits per heavy atom. The first-order valence-electron chi connectivity index (χ1n) is 7.30. The summed E-state index contributed by atoms with van der Waals surface area (Å²) in [5, 5.41) is 0. The number of hydrogen-bond donors (Lipinski definition) is 2. The molecule has 2 aromatic rings. The molecule has 0 unspecified atom stereocenters. The van der Waals surface area contributed by atoms with Gasteiger partial charge in [0.1, 0.15) is 5.82 Å². The Bertz CT molecular complexity index is 519. The summed E-state index contributed by atoms with van der Waals surface area (Å²) in [6.45, 7) is 12.8. The Morgan fingerprint density at radius 3 is 1.50 bits per heavy atom. The summed E-state index contributed by atoms with van der Waals surface area (Å²) >= 11 is 0. The summed E-state index contributed by atoms with van der Waals surface area (Å²) in [4.78, 5) is 11.8. The van der Waals surface area contributed by atoms with Crippen LogP contribution in [0.2, 0.25) is 0 Å². The maximum atomic E-state index is 5.46. The van der Waals surface area contributed by atoms with Crippen molar-refractivity contribution in [1.82, 2.24) is 15.0 Å². The number of nitrogens with two attached hydrogens (primary N) is 2. The van der Waals surface area contributed by atoms with Crippen LogP contribution in [-0.2, 0) is 10.8 Å². The number of nitrogen functional groups attached to an aromatic ring is 2. The third-order valence-corrected chi connectivity index (χ3v) is 3.19.